The first kappa shape index (κ1) is 13.1. The Morgan fingerprint density at radius 3 is 2.94 bits per heavy atom. The van der Waals surface area contributed by atoms with E-state index in [4.69, 9.17) is 0 Å². The third-order valence-electron chi connectivity index (χ3n) is 3.02. The van der Waals surface area contributed by atoms with E-state index in [-0.39, 0.29) is 11.8 Å². The summed E-state index contributed by atoms with van der Waals surface area (Å²) in [4.78, 5) is 23.1. The Bertz CT molecular complexity index is 488. The summed E-state index contributed by atoms with van der Waals surface area (Å²) in [6, 6.07) is 5.36. The van der Waals surface area contributed by atoms with E-state index in [1.54, 1.807) is 0 Å². The number of hydrogen-bond acceptors (Lipinski definition) is 2. The molecule has 0 spiro atoms. The SMILES string of the molecule is CCc1cc(Br)ccc1NC(=O)[C@@H]1CCC(=O)N1. The highest BCUT2D eigenvalue weighted by Gasteiger charge is 2.27. The Hall–Kier alpha value is -1.36. The summed E-state index contributed by atoms with van der Waals surface area (Å²) in [5.41, 5.74) is 1.88. The normalized spacial score (nSPS) is 18.6. The van der Waals surface area contributed by atoms with Crippen LogP contribution >= 0.6 is 15.9 Å². The van der Waals surface area contributed by atoms with Gasteiger partial charge in [0.25, 0.3) is 0 Å². The van der Waals surface area contributed by atoms with Crippen LogP contribution < -0.4 is 10.6 Å². The second-order valence-corrected chi connectivity index (χ2v) is 5.22. The van der Waals surface area contributed by atoms with Gasteiger partial charge in [-0.1, -0.05) is 22.9 Å². The quantitative estimate of drug-likeness (QED) is 0.899. The minimum Gasteiger partial charge on any atom is -0.344 e. The van der Waals surface area contributed by atoms with Gasteiger partial charge < -0.3 is 10.6 Å². The first-order valence-electron chi connectivity index (χ1n) is 5.99. The highest BCUT2D eigenvalue weighted by molar-refractivity contribution is 9.10. The fourth-order valence-corrected chi connectivity index (χ4v) is 2.42. The summed E-state index contributed by atoms with van der Waals surface area (Å²) >= 11 is 3.41. The number of amides is 2. The number of carbonyl (C=O) groups is 2. The van der Waals surface area contributed by atoms with Crippen molar-refractivity contribution < 1.29 is 9.59 Å². The lowest BCUT2D eigenvalue weighted by Crippen LogP contribution is -2.37. The molecule has 5 heteroatoms. The van der Waals surface area contributed by atoms with Crippen molar-refractivity contribution >= 4 is 33.4 Å². The summed E-state index contributed by atoms with van der Waals surface area (Å²) in [6.07, 6.45) is 1.84. The number of nitrogens with one attached hydrogen (secondary N) is 2. The molecule has 0 radical (unpaired) electrons. The number of halogens is 1. The van der Waals surface area contributed by atoms with Gasteiger partial charge in [0, 0.05) is 16.6 Å². The average molecular weight is 311 g/mol. The van der Waals surface area contributed by atoms with E-state index in [0.717, 1.165) is 22.1 Å². The Labute approximate surface area is 114 Å². The van der Waals surface area contributed by atoms with E-state index < -0.39 is 6.04 Å². The second-order valence-electron chi connectivity index (χ2n) is 4.30. The van der Waals surface area contributed by atoms with E-state index in [0.29, 0.717) is 12.8 Å². The molecule has 1 aliphatic rings. The van der Waals surface area contributed by atoms with Crippen LogP contribution in [0, 0.1) is 0 Å². The largest absolute Gasteiger partial charge is 0.344 e. The van der Waals surface area contributed by atoms with Crippen LogP contribution in [0.2, 0.25) is 0 Å². The Morgan fingerprint density at radius 1 is 1.56 bits per heavy atom. The van der Waals surface area contributed by atoms with E-state index in [2.05, 4.69) is 26.6 Å². The van der Waals surface area contributed by atoms with Crippen LogP contribution in [0.1, 0.15) is 25.3 Å². The fraction of sp³-hybridized carbons (Fsp3) is 0.385. The van der Waals surface area contributed by atoms with E-state index in [1.807, 2.05) is 25.1 Å². The second kappa shape index (κ2) is 5.52. The maximum Gasteiger partial charge on any atom is 0.246 e. The molecule has 1 heterocycles. The molecular weight excluding hydrogens is 296 g/mol. The predicted molar refractivity (Wildman–Crippen MR) is 73.3 cm³/mol. The van der Waals surface area contributed by atoms with Crippen LogP contribution in [-0.2, 0) is 16.0 Å². The monoisotopic (exact) mass is 310 g/mol. The molecule has 0 unspecified atom stereocenters. The molecule has 18 heavy (non-hydrogen) atoms. The Morgan fingerprint density at radius 2 is 2.33 bits per heavy atom. The highest BCUT2D eigenvalue weighted by Crippen LogP contribution is 2.22. The molecule has 2 amide bonds. The zero-order valence-corrected chi connectivity index (χ0v) is 11.7. The first-order chi connectivity index (χ1) is 8.60. The van der Waals surface area contributed by atoms with Crippen LogP contribution in [-0.4, -0.2) is 17.9 Å². The van der Waals surface area contributed by atoms with Gasteiger partial charge in [-0.2, -0.15) is 0 Å². The topological polar surface area (TPSA) is 58.2 Å². The first-order valence-corrected chi connectivity index (χ1v) is 6.78. The van der Waals surface area contributed by atoms with Crippen molar-refractivity contribution in [3.05, 3.63) is 28.2 Å². The van der Waals surface area contributed by atoms with Crippen LogP contribution in [0.5, 0.6) is 0 Å². The van der Waals surface area contributed by atoms with Crippen LogP contribution in [0.25, 0.3) is 0 Å². The van der Waals surface area contributed by atoms with Crippen molar-refractivity contribution in [2.75, 3.05) is 5.32 Å². The molecule has 1 atom stereocenters. The lowest BCUT2D eigenvalue weighted by molar-refractivity contribution is -0.122. The van der Waals surface area contributed by atoms with Gasteiger partial charge in [-0.25, -0.2) is 0 Å². The van der Waals surface area contributed by atoms with Gasteiger partial charge in [0.05, 0.1) is 0 Å². The average Bonchev–Trinajstić information content (AvgIpc) is 2.78. The predicted octanol–water partition coefficient (Wildman–Crippen LogP) is 2.23. The van der Waals surface area contributed by atoms with Crippen LogP contribution in [0.3, 0.4) is 0 Å². The summed E-state index contributed by atoms with van der Waals surface area (Å²) in [6.45, 7) is 2.04. The number of hydrogen-bond donors (Lipinski definition) is 2. The van der Waals surface area contributed by atoms with Gasteiger partial charge in [-0.05, 0) is 36.6 Å². The highest BCUT2D eigenvalue weighted by atomic mass is 79.9. The van der Waals surface area contributed by atoms with Gasteiger partial charge in [0.2, 0.25) is 11.8 Å². The standard InChI is InChI=1S/C13H15BrN2O2/c1-2-8-7-9(14)3-4-10(8)16-13(18)11-5-6-12(17)15-11/h3-4,7,11H,2,5-6H2,1H3,(H,15,17)(H,16,18)/t11-/m0/s1. The fourth-order valence-electron chi connectivity index (χ4n) is 2.01. The van der Waals surface area contributed by atoms with Crippen LogP contribution in [0.4, 0.5) is 5.69 Å². The number of benzene rings is 1. The van der Waals surface area contributed by atoms with E-state index in [9.17, 15) is 9.59 Å². The van der Waals surface area contributed by atoms with Gasteiger partial charge in [0.15, 0.2) is 0 Å². The molecular formula is C13H15BrN2O2. The smallest absolute Gasteiger partial charge is 0.246 e. The molecule has 1 saturated heterocycles. The molecule has 1 aromatic carbocycles. The summed E-state index contributed by atoms with van der Waals surface area (Å²) in [5, 5.41) is 5.54. The van der Waals surface area contributed by atoms with Crippen molar-refractivity contribution in [3.63, 3.8) is 0 Å². The van der Waals surface area contributed by atoms with Crippen molar-refractivity contribution in [2.45, 2.75) is 32.2 Å². The Kier molecular flexibility index (Phi) is 4.01. The minimum absolute atomic E-state index is 0.0540. The number of carbonyl (C=O) groups excluding carboxylic acids is 2. The number of rotatable bonds is 3. The molecule has 1 fully saturated rings. The van der Waals surface area contributed by atoms with Crippen LogP contribution in [0.15, 0.2) is 22.7 Å². The zero-order valence-electron chi connectivity index (χ0n) is 10.1. The molecule has 1 aliphatic heterocycles. The lowest BCUT2D eigenvalue weighted by Gasteiger charge is -2.14. The Balaban J connectivity index is 2.09. The van der Waals surface area contributed by atoms with Crippen molar-refractivity contribution in [1.82, 2.24) is 5.32 Å². The van der Waals surface area contributed by atoms with Gasteiger partial charge in [-0.15, -0.1) is 0 Å². The molecule has 1 aromatic rings. The van der Waals surface area contributed by atoms with Crippen molar-refractivity contribution in [2.24, 2.45) is 0 Å². The third-order valence-corrected chi connectivity index (χ3v) is 3.51. The van der Waals surface area contributed by atoms with Crippen molar-refractivity contribution in [1.29, 1.82) is 0 Å². The molecule has 0 aliphatic carbocycles. The minimum atomic E-state index is -0.397. The van der Waals surface area contributed by atoms with Gasteiger partial charge in [0.1, 0.15) is 6.04 Å². The number of anilines is 1. The maximum atomic E-state index is 12.0. The summed E-state index contributed by atoms with van der Waals surface area (Å²) < 4.78 is 0.992. The molecule has 2 rings (SSSR count). The van der Waals surface area contributed by atoms with Gasteiger partial charge >= 0.3 is 0 Å². The molecule has 2 N–H and O–H groups in total. The summed E-state index contributed by atoms with van der Waals surface area (Å²) in [7, 11) is 0. The molecule has 96 valence electrons. The molecule has 4 nitrogen and oxygen atoms in total. The van der Waals surface area contributed by atoms with E-state index >= 15 is 0 Å². The maximum absolute atomic E-state index is 12.0. The zero-order chi connectivity index (χ0) is 13.1. The van der Waals surface area contributed by atoms with Crippen molar-refractivity contribution in [3.8, 4) is 0 Å². The summed E-state index contributed by atoms with van der Waals surface area (Å²) in [5.74, 6) is -0.195. The molecule has 0 saturated carbocycles. The lowest BCUT2D eigenvalue weighted by atomic mass is 10.1. The third kappa shape index (κ3) is 2.90. The van der Waals surface area contributed by atoms with E-state index in [1.165, 1.54) is 0 Å². The molecule has 0 aromatic heterocycles. The number of aryl methyl sites for hydroxylation is 1. The van der Waals surface area contributed by atoms with Gasteiger partial charge in [-0.3, -0.25) is 9.59 Å². The molecule has 0 bridgehead atoms.